The molecule has 10 nitrogen and oxygen atoms in total. The molecule has 1 aromatic carbocycles. The first-order valence-corrected chi connectivity index (χ1v) is 16.1. The Balaban J connectivity index is 1.49. The van der Waals surface area contributed by atoms with Gasteiger partial charge in [0.15, 0.2) is 14.6 Å². The number of anilines is 1. The number of esters is 1. The Bertz CT molecular complexity index is 1580. The third kappa shape index (κ3) is 7.02. The van der Waals surface area contributed by atoms with Crippen molar-refractivity contribution in [1.82, 2.24) is 4.57 Å². The van der Waals surface area contributed by atoms with E-state index in [1.54, 1.807) is 6.92 Å². The number of sulfone groups is 1. The van der Waals surface area contributed by atoms with Crippen molar-refractivity contribution in [2.24, 2.45) is 4.99 Å². The van der Waals surface area contributed by atoms with Crippen molar-refractivity contribution >= 4 is 65.5 Å². The molecule has 0 aliphatic heterocycles. The van der Waals surface area contributed by atoms with Crippen molar-refractivity contribution in [3.63, 3.8) is 0 Å². The molecule has 0 saturated heterocycles. The van der Waals surface area contributed by atoms with E-state index in [1.165, 1.54) is 22.7 Å². The van der Waals surface area contributed by atoms with Crippen LogP contribution in [0.2, 0.25) is 0 Å². The zero-order valence-corrected chi connectivity index (χ0v) is 24.5. The lowest BCUT2D eigenvalue weighted by molar-refractivity contribution is -0.115. The van der Waals surface area contributed by atoms with Crippen molar-refractivity contribution in [3.05, 3.63) is 44.6 Å². The Labute approximate surface area is 234 Å². The number of aryl methyl sites for hydroxylation is 2. The van der Waals surface area contributed by atoms with E-state index in [0.717, 1.165) is 39.1 Å². The number of nitrogens with zero attached hydrogens (tertiary/aromatic N) is 2. The average molecular weight is 594 g/mol. The number of rotatable bonds is 11. The fourth-order valence-corrected chi connectivity index (χ4v) is 7.91. The van der Waals surface area contributed by atoms with Crippen molar-refractivity contribution in [2.75, 3.05) is 36.6 Å². The van der Waals surface area contributed by atoms with Crippen LogP contribution in [0.15, 0.2) is 23.2 Å². The number of benzene rings is 1. The molecule has 0 spiro atoms. The van der Waals surface area contributed by atoms with E-state index in [9.17, 15) is 22.8 Å². The Morgan fingerprint density at radius 2 is 1.90 bits per heavy atom. The van der Waals surface area contributed by atoms with Crippen LogP contribution in [0.4, 0.5) is 5.00 Å². The average Bonchev–Trinajstić information content (AvgIpc) is 3.51. The Hall–Kier alpha value is -2.87. The van der Waals surface area contributed by atoms with Gasteiger partial charge in [0.2, 0.25) is 5.91 Å². The smallest absolute Gasteiger partial charge is 0.341 e. The van der Waals surface area contributed by atoms with Crippen molar-refractivity contribution < 1.29 is 32.3 Å². The van der Waals surface area contributed by atoms with Crippen LogP contribution in [0.5, 0.6) is 0 Å². The highest BCUT2D eigenvalue weighted by Crippen LogP contribution is 2.39. The summed E-state index contributed by atoms with van der Waals surface area (Å²) in [7, 11) is -4.13. The van der Waals surface area contributed by atoms with Crippen LogP contribution in [-0.2, 0) is 48.3 Å². The Morgan fingerprint density at radius 1 is 1.10 bits per heavy atom. The lowest BCUT2D eigenvalue weighted by atomic mass is 10.1. The number of fused-ring (bicyclic) bond motifs is 2. The topological polar surface area (TPSA) is 133 Å². The summed E-state index contributed by atoms with van der Waals surface area (Å²) in [6, 6.07) is 5.87. The van der Waals surface area contributed by atoms with Gasteiger partial charge in [-0.05, 0) is 63.3 Å². The first kappa shape index (κ1) is 29.1. The van der Waals surface area contributed by atoms with Crippen molar-refractivity contribution in [2.45, 2.75) is 46.6 Å². The van der Waals surface area contributed by atoms with Gasteiger partial charge in [-0.3, -0.25) is 9.59 Å². The molecule has 3 aromatic rings. The van der Waals surface area contributed by atoms with Gasteiger partial charge in [-0.25, -0.2) is 13.2 Å². The number of thiazole rings is 1. The second kappa shape index (κ2) is 12.5. The number of hydrogen-bond acceptors (Lipinski definition) is 9. The van der Waals surface area contributed by atoms with Gasteiger partial charge >= 0.3 is 5.97 Å². The molecule has 1 aliphatic rings. The van der Waals surface area contributed by atoms with Crippen LogP contribution in [0.3, 0.4) is 0 Å². The minimum Gasteiger partial charge on any atom is -0.462 e. The molecule has 4 rings (SSSR count). The molecule has 0 radical (unpaired) electrons. The van der Waals surface area contributed by atoms with Gasteiger partial charge in [0.1, 0.15) is 16.5 Å². The van der Waals surface area contributed by atoms with Gasteiger partial charge in [-0.15, -0.1) is 11.3 Å². The number of carbonyl (C=O) groups excluding carboxylic acids is 3. The molecular formula is C26H31N3O7S3. The zero-order chi connectivity index (χ0) is 28.2. The van der Waals surface area contributed by atoms with Gasteiger partial charge in [0.05, 0.1) is 29.0 Å². The summed E-state index contributed by atoms with van der Waals surface area (Å²) >= 11 is 2.55. The molecule has 2 aromatic heterocycles. The third-order valence-corrected chi connectivity index (χ3v) is 9.71. The molecule has 0 saturated carbocycles. The normalized spacial score (nSPS) is 13.6. The number of amides is 2. The Morgan fingerprint density at radius 3 is 2.64 bits per heavy atom. The number of thiophene rings is 1. The summed E-state index contributed by atoms with van der Waals surface area (Å²) in [5.41, 5.74) is 3.07. The van der Waals surface area contributed by atoms with Crippen LogP contribution < -0.4 is 10.1 Å². The minimum atomic E-state index is -4.13. The summed E-state index contributed by atoms with van der Waals surface area (Å²) < 4.78 is 38.9. The fraction of sp³-hybridized carbons (Fsp3) is 0.462. The highest BCUT2D eigenvalue weighted by atomic mass is 32.2. The van der Waals surface area contributed by atoms with Gasteiger partial charge in [0.25, 0.3) is 5.91 Å². The largest absolute Gasteiger partial charge is 0.462 e. The molecule has 13 heteroatoms. The van der Waals surface area contributed by atoms with E-state index in [0.29, 0.717) is 36.5 Å². The lowest BCUT2D eigenvalue weighted by Gasteiger charge is -2.08. The second-order valence-corrected chi connectivity index (χ2v) is 13.3. The number of ether oxygens (including phenoxy) is 2. The molecule has 210 valence electrons. The predicted molar refractivity (Wildman–Crippen MR) is 151 cm³/mol. The van der Waals surface area contributed by atoms with E-state index in [2.05, 4.69) is 10.3 Å². The number of carbonyl (C=O) groups is 3. The summed E-state index contributed by atoms with van der Waals surface area (Å²) in [4.78, 5) is 43.4. The summed E-state index contributed by atoms with van der Waals surface area (Å²) in [6.45, 7) is 7.13. The maximum Gasteiger partial charge on any atom is 0.341 e. The summed E-state index contributed by atoms with van der Waals surface area (Å²) in [5, 5.41) is 2.84. The molecule has 0 bridgehead atoms. The first-order valence-electron chi connectivity index (χ1n) is 12.7. The van der Waals surface area contributed by atoms with E-state index in [1.807, 2.05) is 36.6 Å². The van der Waals surface area contributed by atoms with Gasteiger partial charge in [0, 0.05) is 18.0 Å². The summed E-state index contributed by atoms with van der Waals surface area (Å²) in [6.07, 6.45) is 2.40. The molecule has 39 heavy (non-hydrogen) atoms. The quantitative estimate of drug-likeness (QED) is 0.267. The SMILES string of the molecule is CCOCCn1c(=NC(=O)CS(=O)(=O)CC(=O)Nc2sc3c(c2C(=O)OCC)CCC3)sc2cc(C)ccc21. The van der Waals surface area contributed by atoms with Gasteiger partial charge in [-0.2, -0.15) is 4.99 Å². The molecule has 1 aliphatic carbocycles. The maximum atomic E-state index is 12.8. The minimum absolute atomic E-state index is 0.182. The maximum absolute atomic E-state index is 12.8. The van der Waals surface area contributed by atoms with Crippen LogP contribution in [0, 0.1) is 6.92 Å². The first-order chi connectivity index (χ1) is 18.6. The molecule has 0 unspecified atom stereocenters. The third-order valence-electron chi connectivity index (χ3n) is 6.07. The van der Waals surface area contributed by atoms with Gasteiger partial charge < -0.3 is 19.4 Å². The number of aromatic nitrogens is 1. The van der Waals surface area contributed by atoms with E-state index >= 15 is 0 Å². The molecule has 1 N–H and O–H groups in total. The summed E-state index contributed by atoms with van der Waals surface area (Å²) in [5.74, 6) is -4.05. The fourth-order valence-electron chi connectivity index (χ4n) is 4.43. The van der Waals surface area contributed by atoms with E-state index in [-0.39, 0.29) is 11.6 Å². The molecule has 2 heterocycles. The van der Waals surface area contributed by atoms with Crippen LogP contribution >= 0.6 is 22.7 Å². The number of nitrogens with one attached hydrogen (secondary N) is 1. The van der Waals surface area contributed by atoms with Gasteiger partial charge in [-0.1, -0.05) is 17.4 Å². The van der Waals surface area contributed by atoms with Crippen LogP contribution in [0.1, 0.15) is 46.6 Å². The van der Waals surface area contributed by atoms with E-state index in [4.69, 9.17) is 9.47 Å². The molecule has 0 fully saturated rings. The predicted octanol–water partition coefficient (Wildman–Crippen LogP) is 3.26. The second-order valence-electron chi connectivity index (χ2n) is 9.07. The van der Waals surface area contributed by atoms with Crippen molar-refractivity contribution in [1.29, 1.82) is 0 Å². The zero-order valence-electron chi connectivity index (χ0n) is 22.1. The molecule has 0 atom stereocenters. The highest BCUT2D eigenvalue weighted by molar-refractivity contribution is 7.92. The standard InChI is InChI=1S/C26H31N3O7S3/c1-4-35-12-11-29-18-10-9-16(3)13-20(18)38-26(29)28-22(31)15-39(33,34)14-21(30)27-24-23(25(32)36-5-2)17-7-6-8-19(17)37-24/h9-10,13H,4-8,11-12,14-15H2,1-3H3,(H,27,30). The monoisotopic (exact) mass is 593 g/mol. The number of hydrogen-bond donors (Lipinski definition) is 1. The van der Waals surface area contributed by atoms with Crippen molar-refractivity contribution in [3.8, 4) is 0 Å². The van der Waals surface area contributed by atoms with E-state index < -0.39 is 39.1 Å². The Kier molecular flexibility index (Phi) is 9.36. The lowest BCUT2D eigenvalue weighted by Crippen LogP contribution is -2.28. The molecule has 2 amide bonds. The molecular weight excluding hydrogens is 563 g/mol. The van der Waals surface area contributed by atoms with Crippen LogP contribution in [0.25, 0.3) is 10.2 Å². The highest BCUT2D eigenvalue weighted by Gasteiger charge is 2.29. The van der Waals surface area contributed by atoms with Crippen LogP contribution in [-0.4, -0.2) is 62.1 Å².